The number of imide groups is 1. The molecule has 5 nitrogen and oxygen atoms in total. The number of carbonyl (C=O) groups is 2. The molecule has 3 amide bonds. The van der Waals surface area contributed by atoms with Crippen LogP contribution in [0.5, 0.6) is 5.75 Å². The van der Waals surface area contributed by atoms with Crippen molar-refractivity contribution in [3.05, 3.63) is 72.3 Å². The van der Waals surface area contributed by atoms with E-state index in [2.05, 4.69) is 5.32 Å². The lowest BCUT2D eigenvalue weighted by molar-refractivity contribution is -0.122. The molecule has 142 valence electrons. The normalized spacial score (nSPS) is 19.6. The summed E-state index contributed by atoms with van der Waals surface area (Å²) in [6, 6.07) is 20.1. The van der Waals surface area contributed by atoms with Crippen LogP contribution in [0.2, 0.25) is 0 Å². The third kappa shape index (κ3) is 3.09. The van der Waals surface area contributed by atoms with Crippen molar-refractivity contribution in [2.24, 2.45) is 5.92 Å². The van der Waals surface area contributed by atoms with Gasteiger partial charge in [0.25, 0.3) is 0 Å². The second kappa shape index (κ2) is 7.35. The minimum Gasteiger partial charge on any atom is -0.494 e. The first-order valence-corrected chi connectivity index (χ1v) is 9.45. The van der Waals surface area contributed by atoms with Gasteiger partial charge in [0, 0.05) is 5.39 Å². The average molecular weight is 374 g/mol. The molecular formula is C23H22N2O3. The highest BCUT2D eigenvalue weighted by Crippen LogP contribution is 2.34. The lowest BCUT2D eigenvalue weighted by atomic mass is 9.91. The SMILES string of the molecule is CCOc1ccc(C2NC(=O)N(c3cccc4ccccc34)C(=O)C2C)cc1. The predicted molar refractivity (Wildman–Crippen MR) is 109 cm³/mol. The zero-order valence-electron chi connectivity index (χ0n) is 15.9. The van der Waals surface area contributed by atoms with E-state index in [1.54, 1.807) is 0 Å². The Morgan fingerprint density at radius 1 is 0.964 bits per heavy atom. The van der Waals surface area contributed by atoms with E-state index in [-0.39, 0.29) is 11.9 Å². The highest BCUT2D eigenvalue weighted by atomic mass is 16.5. The molecule has 0 saturated carbocycles. The summed E-state index contributed by atoms with van der Waals surface area (Å²) < 4.78 is 5.47. The standard InChI is InChI=1S/C23H22N2O3/c1-3-28-18-13-11-17(12-14-18)21-15(2)22(26)25(23(27)24-21)20-10-6-8-16-7-4-5-9-19(16)20/h4-15,21H,3H2,1-2H3,(H,24,27). The summed E-state index contributed by atoms with van der Waals surface area (Å²) in [5, 5.41) is 4.87. The van der Waals surface area contributed by atoms with Crippen molar-refractivity contribution in [2.45, 2.75) is 19.9 Å². The van der Waals surface area contributed by atoms with Crippen molar-refractivity contribution in [3.8, 4) is 5.75 Å². The molecule has 0 spiro atoms. The van der Waals surface area contributed by atoms with Crippen LogP contribution in [0.15, 0.2) is 66.7 Å². The van der Waals surface area contributed by atoms with Crippen molar-refractivity contribution in [1.82, 2.24) is 5.32 Å². The Kier molecular flexibility index (Phi) is 4.74. The minimum absolute atomic E-state index is 0.209. The van der Waals surface area contributed by atoms with Crippen molar-refractivity contribution in [3.63, 3.8) is 0 Å². The number of urea groups is 1. The number of hydrogen-bond acceptors (Lipinski definition) is 3. The van der Waals surface area contributed by atoms with Crippen LogP contribution in [0.1, 0.15) is 25.5 Å². The van der Waals surface area contributed by atoms with Gasteiger partial charge in [-0.1, -0.05) is 55.5 Å². The van der Waals surface area contributed by atoms with Gasteiger partial charge in [-0.2, -0.15) is 0 Å². The number of hydrogen-bond donors (Lipinski definition) is 1. The molecule has 1 fully saturated rings. The van der Waals surface area contributed by atoms with Crippen LogP contribution in [-0.4, -0.2) is 18.5 Å². The molecule has 1 aliphatic rings. The maximum atomic E-state index is 13.2. The number of rotatable bonds is 4. The van der Waals surface area contributed by atoms with Crippen LogP contribution in [0, 0.1) is 5.92 Å². The smallest absolute Gasteiger partial charge is 0.329 e. The first-order valence-electron chi connectivity index (χ1n) is 9.45. The van der Waals surface area contributed by atoms with E-state index in [0.29, 0.717) is 12.3 Å². The van der Waals surface area contributed by atoms with Crippen LogP contribution in [0.3, 0.4) is 0 Å². The van der Waals surface area contributed by atoms with E-state index in [0.717, 1.165) is 22.1 Å². The van der Waals surface area contributed by atoms with Gasteiger partial charge < -0.3 is 10.1 Å². The maximum Gasteiger partial charge on any atom is 0.329 e. The molecule has 2 unspecified atom stereocenters. The molecule has 3 aromatic rings. The van der Waals surface area contributed by atoms with Crippen molar-refractivity contribution in [1.29, 1.82) is 0 Å². The zero-order valence-corrected chi connectivity index (χ0v) is 15.9. The molecule has 3 aromatic carbocycles. The lowest BCUT2D eigenvalue weighted by Crippen LogP contribution is -2.55. The van der Waals surface area contributed by atoms with Gasteiger partial charge in [0.2, 0.25) is 5.91 Å². The minimum atomic E-state index is -0.404. The van der Waals surface area contributed by atoms with Gasteiger partial charge in [-0.25, -0.2) is 9.69 Å². The highest BCUT2D eigenvalue weighted by molar-refractivity contribution is 6.20. The largest absolute Gasteiger partial charge is 0.494 e. The molecule has 1 saturated heterocycles. The average Bonchev–Trinajstić information content (AvgIpc) is 2.72. The molecule has 2 atom stereocenters. The number of benzene rings is 3. The molecule has 1 heterocycles. The summed E-state index contributed by atoms with van der Waals surface area (Å²) in [5.74, 6) is 0.165. The molecule has 1 N–H and O–H groups in total. The van der Waals surface area contributed by atoms with Gasteiger partial charge in [-0.15, -0.1) is 0 Å². The van der Waals surface area contributed by atoms with Gasteiger partial charge in [0.1, 0.15) is 5.75 Å². The van der Waals surface area contributed by atoms with Gasteiger partial charge in [-0.05, 0) is 36.1 Å². The Balaban J connectivity index is 1.66. The van der Waals surface area contributed by atoms with Crippen LogP contribution in [0.4, 0.5) is 10.5 Å². The van der Waals surface area contributed by atoms with Crippen LogP contribution in [0.25, 0.3) is 10.8 Å². The first-order chi connectivity index (χ1) is 13.6. The number of carbonyl (C=O) groups excluding carboxylic acids is 2. The second-order valence-corrected chi connectivity index (χ2v) is 6.89. The predicted octanol–water partition coefficient (Wildman–Crippen LogP) is 4.67. The van der Waals surface area contributed by atoms with E-state index in [1.165, 1.54) is 4.90 Å². The summed E-state index contributed by atoms with van der Waals surface area (Å²) in [6.07, 6.45) is 0. The Morgan fingerprint density at radius 3 is 2.43 bits per heavy atom. The summed E-state index contributed by atoms with van der Waals surface area (Å²) in [4.78, 5) is 27.4. The zero-order chi connectivity index (χ0) is 19.7. The van der Waals surface area contributed by atoms with Crippen molar-refractivity contribution in [2.75, 3.05) is 11.5 Å². The fraction of sp³-hybridized carbons (Fsp3) is 0.217. The van der Waals surface area contributed by atoms with Gasteiger partial charge >= 0.3 is 6.03 Å². The molecule has 1 aliphatic heterocycles. The fourth-order valence-corrected chi connectivity index (χ4v) is 3.71. The molecule has 5 heteroatoms. The van der Waals surface area contributed by atoms with E-state index < -0.39 is 11.9 Å². The Labute approximate surface area is 163 Å². The molecule has 4 rings (SSSR count). The van der Waals surface area contributed by atoms with Crippen LogP contribution < -0.4 is 15.0 Å². The lowest BCUT2D eigenvalue weighted by Gasteiger charge is -2.36. The summed E-state index contributed by atoms with van der Waals surface area (Å²) in [6.45, 7) is 4.37. The second-order valence-electron chi connectivity index (χ2n) is 6.89. The number of amides is 3. The van der Waals surface area contributed by atoms with E-state index in [9.17, 15) is 9.59 Å². The van der Waals surface area contributed by atoms with Crippen LogP contribution in [-0.2, 0) is 4.79 Å². The molecule has 28 heavy (non-hydrogen) atoms. The first kappa shape index (κ1) is 18.0. The van der Waals surface area contributed by atoms with E-state index in [4.69, 9.17) is 4.74 Å². The van der Waals surface area contributed by atoms with Crippen LogP contribution >= 0.6 is 0 Å². The molecule has 0 bridgehead atoms. The van der Waals surface area contributed by atoms with Crippen molar-refractivity contribution >= 4 is 28.4 Å². The van der Waals surface area contributed by atoms with Gasteiger partial charge in [-0.3, -0.25) is 4.79 Å². The third-order valence-corrected chi connectivity index (χ3v) is 5.15. The Morgan fingerprint density at radius 2 is 1.68 bits per heavy atom. The highest BCUT2D eigenvalue weighted by Gasteiger charge is 2.40. The van der Waals surface area contributed by atoms with Gasteiger partial charge in [0.05, 0.1) is 24.3 Å². The topological polar surface area (TPSA) is 58.6 Å². The molecule has 0 aliphatic carbocycles. The van der Waals surface area contributed by atoms with Gasteiger partial charge in [0.15, 0.2) is 0 Å². The maximum absolute atomic E-state index is 13.2. The summed E-state index contributed by atoms with van der Waals surface area (Å²) in [5.41, 5.74) is 1.49. The fourth-order valence-electron chi connectivity index (χ4n) is 3.71. The number of fused-ring (bicyclic) bond motifs is 1. The Hall–Kier alpha value is -3.34. The number of nitrogens with one attached hydrogen (secondary N) is 1. The molecule has 0 radical (unpaired) electrons. The Bertz CT molecular complexity index is 1020. The molecular weight excluding hydrogens is 352 g/mol. The summed E-state index contributed by atoms with van der Waals surface area (Å²) in [7, 11) is 0. The number of ether oxygens (including phenoxy) is 1. The van der Waals surface area contributed by atoms with E-state index >= 15 is 0 Å². The van der Waals surface area contributed by atoms with Crippen molar-refractivity contribution < 1.29 is 14.3 Å². The summed E-state index contributed by atoms with van der Waals surface area (Å²) >= 11 is 0. The van der Waals surface area contributed by atoms with E-state index in [1.807, 2.05) is 80.6 Å². The molecule has 0 aromatic heterocycles. The monoisotopic (exact) mass is 374 g/mol. The quantitative estimate of drug-likeness (QED) is 0.722. The number of nitrogens with zero attached hydrogens (tertiary/aromatic N) is 1. The number of anilines is 1. The third-order valence-electron chi connectivity index (χ3n) is 5.15.